The van der Waals surface area contributed by atoms with Crippen molar-refractivity contribution in [3.8, 4) is 0 Å². The van der Waals surface area contributed by atoms with Crippen LogP contribution in [0.3, 0.4) is 0 Å². The van der Waals surface area contributed by atoms with Crippen molar-refractivity contribution in [1.82, 2.24) is 15.1 Å². The second-order valence-corrected chi connectivity index (χ2v) is 6.17. The van der Waals surface area contributed by atoms with Gasteiger partial charge in [-0.25, -0.2) is 4.39 Å². The van der Waals surface area contributed by atoms with Crippen molar-refractivity contribution >= 4 is 24.2 Å². The normalized spacial score (nSPS) is 21.1. The van der Waals surface area contributed by atoms with E-state index in [4.69, 9.17) is 0 Å². The smallest absolute Gasteiger partial charge is 0.254 e. The zero-order chi connectivity index (χ0) is 16.2. The van der Waals surface area contributed by atoms with Gasteiger partial charge in [0.2, 0.25) is 5.91 Å². The van der Waals surface area contributed by atoms with Crippen molar-refractivity contribution in [3.63, 3.8) is 0 Å². The van der Waals surface area contributed by atoms with Gasteiger partial charge in [-0.2, -0.15) is 0 Å². The number of carbonyl (C=O) groups excluding carboxylic acids is 2. The Morgan fingerprint density at radius 1 is 1.12 bits per heavy atom. The number of piperidine rings is 1. The number of amides is 2. The van der Waals surface area contributed by atoms with Gasteiger partial charge < -0.3 is 15.1 Å². The van der Waals surface area contributed by atoms with Gasteiger partial charge in [0.1, 0.15) is 5.82 Å². The summed E-state index contributed by atoms with van der Waals surface area (Å²) >= 11 is 0. The van der Waals surface area contributed by atoms with Crippen LogP contribution in [0.4, 0.5) is 4.39 Å². The fraction of sp³-hybridized carbons (Fsp3) is 0.529. The van der Waals surface area contributed by atoms with E-state index in [1.54, 1.807) is 17.0 Å². The fourth-order valence-electron chi connectivity index (χ4n) is 3.25. The molecule has 1 aromatic rings. The maximum absolute atomic E-state index is 13.2. The minimum atomic E-state index is -0.408. The van der Waals surface area contributed by atoms with Crippen molar-refractivity contribution in [3.05, 3.63) is 35.6 Å². The van der Waals surface area contributed by atoms with Crippen LogP contribution in [-0.4, -0.2) is 60.9 Å². The van der Waals surface area contributed by atoms with Gasteiger partial charge in [-0.3, -0.25) is 9.59 Å². The van der Waals surface area contributed by atoms with E-state index < -0.39 is 5.82 Å². The molecule has 2 heterocycles. The van der Waals surface area contributed by atoms with Crippen molar-refractivity contribution in [1.29, 1.82) is 0 Å². The summed E-state index contributed by atoms with van der Waals surface area (Å²) in [6, 6.07) is 5.74. The lowest BCUT2D eigenvalue weighted by Crippen LogP contribution is -2.53. The molecule has 0 radical (unpaired) electrons. The average molecular weight is 356 g/mol. The van der Waals surface area contributed by atoms with Crippen LogP contribution in [0.2, 0.25) is 0 Å². The minimum Gasteiger partial charge on any atom is -0.339 e. The molecular formula is C17H23ClFN3O2. The monoisotopic (exact) mass is 355 g/mol. The van der Waals surface area contributed by atoms with Crippen molar-refractivity contribution < 1.29 is 14.0 Å². The maximum Gasteiger partial charge on any atom is 0.254 e. The zero-order valence-corrected chi connectivity index (χ0v) is 14.4. The Labute approximate surface area is 147 Å². The first-order valence-electron chi connectivity index (χ1n) is 8.19. The third-order valence-electron chi connectivity index (χ3n) is 4.60. The van der Waals surface area contributed by atoms with E-state index >= 15 is 0 Å². The predicted molar refractivity (Wildman–Crippen MR) is 91.7 cm³/mol. The number of nitrogens with zero attached hydrogens (tertiary/aromatic N) is 2. The molecule has 5 nitrogen and oxygen atoms in total. The molecule has 7 heteroatoms. The zero-order valence-electron chi connectivity index (χ0n) is 13.5. The van der Waals surface area contributed by atoms with Crippen LogP contribution in [0.1, 0.15) is 23.2 Å². The molecule has 0 aromatic heterocycles. The molecule has 0 spiro atoms. The first-order chi connectivity index (χ1) is 11.1. The first-order valence-corrected chi connectivity index (χ1v) is 8.19. The van der Waals surface area contributed by atoms with Crippen LogP contribution >= 0.6 is 12.4 Å². The highest BCUT2D eigenvalue weighted by molar-refractivity contribution is 5.94. The van der Waals surface area contributed by atoms with E-state index in [0.29, 0.717) is 31.7 Å². The Bertz CT molecular complexity index is 585. The molecule has 24 heavy (non-hydrogen) atoms. The van der Waals surface area contributed by atoms with Gasteiger partial charge in [0, 0.05) is 38.3 Å². The fourth-order valence-corrected chi connectivity index (χ4v) is 3.25. The van der Waals surface area contributed by atoms with Gasteiger partial charge in [-0.05, 0) is 37.6 Å². The summed E-state index contributed by atoms with van der Waals surface area (Å²) in [4.78, 5) is 28.4. The number of hydrogen-bond donors (Lipinski definition) is 1. The summed E-state index contributed by atoms with van der Waals surface area (Å²) in [7, 11) is 0. The standard InChI is InChI=1S/C17H22FN3O2.ClH/c18-15-5-1-3-13(11-15)16(22)20-7-9-21(10-8-20)17(23)14-4-2-6-19-12-14;/h1,3,5,11,14,19H,2,4,6-10,12H2;1H. The van der Waals surface area contributed by atoms with Crippen molar-refractivity contribution in [2.75, 3.05) is 39.3 Å². The van der Waals surface area contributed by atoms with Crippen LogP contribution in [0.25, 0.3) is 0 Å². The van der Waals surface area contributed by atoms with Crippen molar-refractivity contribution in [2.45, 2.75) is 12.8 Å². The molecule has 3 rings (SSSR count). The van der Waals surface area contributed by atoms with Crippen LogP contribution < -0.4 is 5.32 Å². The Morgan fingerprint density at radius 2 is 1.83 bits per heavy atom. The quantitative estimate of drug-likeness (QED) is 0.875. The van der Waals surface area contributed by atoms with Gasteiger partial charge in [0.05, 0.1) is 5.92 Å². The minimum absolute atomic E-state index is 0. The average Bonchev–Trinajstić information content (AvgIpc) is 2.61. The topological polar surface area (TPSA) is 52.7 Å². The SMILES string of the molecule is Cl.O=C(c1cccc(F)c1)N1CCN(C(=O)C2CCCNC2)CC1. The number of carbonyl (C=O) groups is 2. The highest BCUT2D eigenvalue weighted by Crippen LogP contribution is 2.16. The number of nitrogens with one attached hydrogen (secondary N) is 1. The lowest BCUT2D eigenvalue weighted by Gasteiger charge is -2.37. The van der Waals surface area contributed by atoms with E-state index in [2.05, 4.69) is 5.32 Å². The number of benzene rings is 1. The molecule has 0 bridgehead atoms. The van der Waals surface area contributed by atoms with Gasteiger partial charge >= 0.3 is 0 Å². The van der Waals surface area contributed by atoms with Gasteiger partial charge in [-0.15, -0.1) is 12.4 Å². The van der Waals surface area contributed by atoms with Crippen molar-refractivity contribution in [2.24, 2.45) is 5.92 Å². The van der Waals surface area contributed by atoms with E-state index in [-0.39, 0.29) is 30.1 Å². The third-order valence-corrected chi connectivity index (χ3v) is 4.60. The summed E-state index contributed by atoms with van der Waals surface area (Å²) in [6.45, 7) is 3.84. The Balaban J connectivity index is 0.00000208. The predicted octanol–water partition coefficient (Wildman–Crippen LogP) is 1.53. The number of halogens is 2. The third kappa shape index (κ3) is 4.24. The number of piperazine rings is 1. The highest BCUT2D eigenvalue weighted by atomic mass is 35.5. The van der Waals surface area contributed by atoms with Crippen LogP contribution in [0, 0.1) is 11.7 Å². The summed E-state index contributed by atoms with van der Waals surface area (Å²) < 4.78 is 13.2. The summed E-state index contributed by atoms with van der Waals surface area (Å²) in [6.07, 6.45) is 1.97. The molecule has 2 aliphatic rings. The van der Waals surface area contributed by atoms with E-state index in [1.165, 1.54) is 12.1 Å². The highest BCUT2D eigenvalue weighted by Gasteiger charge is 2.29. The Morgan fingerprint density at radius 3 is 2.46 bits per heavy atom. The number of rotatable bonds is 2. The molecule has 132 valence electrons. The maximum atomic E-state index is 13.2. The lowest BCUT2D eigenvalue weighted by molar-refractivity contribution is -0.137. The molecule has 2 amide bonds. The molecule has 0 aliphatic carbocycles. The second-order valence-electron chi connectivity index (χ2n) is 6.17. The molecule has 0 saturated carbocycles. The molecule has 1 N–H and O–H groups in total. The van der Waals surface area contributed by atoms with E-state index in [1.807, 2.05) is 4.90 Å². The van der Waals surface area contributed by atoms with Gasteiger partial charge in [-0.1, -0.05) is 6.07 Å². The van der Waals surface area contributed by atoms with Gasteiger partial charge in [0.15, 0.2) is 0 Å². The molecule has 2 fully saturated rings. The molecule has 2 aliphatic heterocycles. The lowest BCUT2D eigenvalue weighted by atomic mass is 9.98. The molecule has 1 atom stereocenters. The molecule has 1 unspecified atom stereocenters. The van der Waals surface area contributed by atoms with Crippen LogP contribution in [0.5, 0.6) is 0 Å². The van der Waals surface area contributed by atoms with E-state index in [9.17, 15) is 14.0 Å². The summed E-state index contributed by atoms with van der Waals surface area (Å²) in [5.41, 5.74) is 0.362. The van der Waals surface area contributed by atoms with E-state index in [0.717, 1.165) is 25.9 Å². The first kappa shape index (κ1) is 18.7. The molecule has 2 saturated heterocycles. The molecule has 1 aromatic carbocycles. The Kier molecular flexibility index (Phi) is 6.57. The van der Waals surface area contributed by atoms with Crippen LogP contribution in [0.15, 0.2) is 24.3 Å². The van der Waals surface area contributed by atoms with Crippen LogP contribution in [-0.2, 0) is 4.79 Å². The largest absolute Gasteiger partial charge is 0.339 e. The summed E-state index contributed by atoms with van der Waals surface area (Å²) in [5.74, 6) is -0.324. The Hall–Kier alpha value is -1.66. The summed E-state index contributed by atoms with van der Waals surface area (Å²) in [5, 5.41) is 3.26. The number of hydrogen-bond acceptors (Lipinski definition) is 3. The second kappa shape index (κ2) is 8.44. The molecular weight excluding hydrogens is 333 g/mol. The van der Waals surface area contributed by atoms with Gasteiger partial charge in [0.25, 0.3) is 5.91 Å².